The number of benzene rings is 2. The van der Waals surface area contributed by atoms with Gasteiger partial charge in [-0.25, -0.2) is 16.8 Å². The van der Waals surface area contributed by atoms with Gasteiger partial charge >= 0.3 is 0 Å². The predicted octanol–water partition coefficient (Wildman–Crippen LogP) is 3.18. The molecule has 0 amide bonds. The Morgan fingerprint density at radius 2 is 1.59 bits per heavy atom. The third-order valence-corrected chi connectivity index (χ3v) is 7.46. The lowest BCUT2D eigenvalue weighted by molar-refractivity contribution is 0.400. The second-order valence-corrected chi connectivity index (χ2v) is 10.8. The largest absolute Gasteiger partial charge is 0.264 e. The highest BCUT2D eigenvalue weighted by Crippen LogP contribution is 2.24. The topological polar surface area (TPSA) is 84.4 Å². The van der Waals surface area contributed by atoms with Gasteiger partial charge in [-0.1, -0.05) is 36.4 Å². The number of hydrogen-bond acceptors (Lipinski definition) is 5. The van der Waals surface area contributed by atoms with Crippen LogP contribution in [-0.4, -0.2) is 32.4 Å². The summed E-state index contributed by atoms with van der Waals surface area (Å²) in [5, 5.41) is 0. The van der Waals surface area contributed by atoms with Crippen LogP contribution in [0.15, 0.2) is 82.8 Å². The van der Waals surface area contributed by atoms with Crippen molar-refractivity contribution in [1.29, 1.82) is 0 Å². The fourth-order valence-electron chi connectivity index (χ4n) is 2.91. The minimum Gasteiger partial charge on any atom is -0.264 e. The first kappa shape index (κ1) is 21.2. The highest BCUT2D eigenvalue weighted by atomic mass is 32.2. The summed E-state index contributed by atoms with van der Waals surface area (Å²) in [7, 11) is -7.48. The highest BCUT2D eigenvalue weighted by molar-refractivity contribution is 7.91. The first-order chi connectivity index (χ1) is 13.7. The smallest absolute Gasteiger partial charge is 0.243 e. The summed E-state index contributed by atoms with van der Waals surface area (Å²) in [6.07, 6.45) is 4.30. The van der Waals surface area contributed by atoms with Crippen molar-refractivity contribution in [2.24, 2.45) is 0 Å². The Bertz CT molecular complexity index is 1210. The van der Waals surface area contributed by atoms with Gasteiger partial charge < -0.3 is 0 Å². The first-order valence-electron chi connectivity index (χ1n) is 8.91. The maximum absolute atomic E-state index is 13.4. The number of sulfone groups is 1. The highest BCUT2D eigenvalue weighted by Gasteiger charge is 2.26. The van der Waals surface area contributed by atoms with E-state index < -0.39 is 19.9 Å². The number of hydrogen-bond donors (Lipinski definition) is 0. The van der Waals surface area contributed by atoms with Crippen LogP contribution >= 0.6 is 0 Å². The molecule has 3 rings (SSSR count). The number of aromatic nitrogens is 1. The Morgan fingerprint density at radius 3 is 2.24 bits per heavy atom. The van der Waals surface area contributed by atoms with E-state index in [0.717, 1.165) is 22.9 Å². The van der Waals surface area contributed by atoms with Crippen molar-refractivity contribution in [3.05, 3.63) is 89.7 Å². The van der Waals surface area contributed by atoms with E-state index in [1.165, 1.54) is 28.6 Å². The van der Waals surface area contributed by atoms with Crippen LogP contribution in [0.25, 0.3) is 0 Å². The quantitative estimate of drug-likeness (QED) is 0.575. The molecule has 0 saturated heterocycles. The molecule has 0 saturated carbocycles. The molecule has 0 aliphatic rings. The molecule has 0 N–H and O–H groups in total. The Labute approximate surface area is 171 Å². The van der Waals surface area contributed by atoms with Crippen molar-refractivity contribution < 1.29 is 16.8 Å². The fourth-order valence-corrected chi connectivity index (χ4v) is 5.11. The summed E-state index contributed by atoms with van der Waals surface area (Å²) >= 11 is 0. The van der Waals surface area contributed by atoms with Gasteiger partial charge in [-0.15, -0.1) is 0 Å². The third kappa shape index (κ3) is 5.09. The monoisotopic (exact) mass is 430 g/mol. The van der Waals surface area contributed by atoms with Crippen LogP contribution in [0.4, 0.5) is 0 Å². The number of pyridine rings is 1. The zero-order valence-corrected chi connectivity index (χ0v) is 17.8. The van der Waals surface area contributed by atoms with Gasteiger partial charge in [0.2, 0.25) is 10.0 Å². The van der Waals surface area contributed by atoms with Crippen molar-refractivity contribution in [2.75, 3.05) is 6.26 Å². The van der Waals surface area contributed by atoms with Crippen molar-refractivity contribution >= 4 is 19.9 Å². The van der Waals surface area contributed by atoms with Crippen LogP contribution in [0.3, 0.4) is 0 Å². The predicted molar refractivity (Wildman–Crippen MR) is 111 cm³/mol. The number of nitrogens with zero attached hydrogens (tertiary/aromatic N) is 2. The van der Waals surface area contributed by atoms with Crippen LogP contribution < -0.4 is 0 Å². The molecule has 0 aliphatic heterocycles. The number of rotatable bonds is 7. The lowest BCUT2D eigenvalue weighted by Gasteiger charge is -2.23. The van der Waals surface area contributed by atoms with Crippen LogP contribution in [0.5, 0.6) is 0 Å². The van der Waals surface area contributed by atoms with E-state index in [1.54, 1.807) is 24.5 Å². The molecule has 0 radical (unpaired) electrons. The maximum Gasteiger partial charge on any atom is 0.243 e. The van der Waals surface area contributed by atoms with Gasteiger partial charge in [0, 0.05) is 31.7 Å². The third-order valence-electron chi connectivity index (χ3n) is 4.56. The van der Waals surface area contributed by atoms with E-state index in [2.05, 4.69) is 4.98 Å². The van der Waals surface area contributed by atoms with E-state index in [-0.39, 0.29) is 22.9 Å². The van der Waals surface area contributed by atoms with Gasteiger partial charge in [0.1, 0.15) is 0 Å². The summed E-state index contributed by atoms with van der Waals surface area (Å²) in [5.41, 5.74) is 2.59. The van der Waals surface area contributed by atoms with Crippen molar-refractivity contribution in [2.45, 2.75) is 29.8 Å². The molecule has 8 heteroatoms. The summed E-state index contributed by atoms with van der Waals surface area (Å²) in [4.78, 5) is 3.97. The molecule has 1 heterocycles. The van der Waals surface area contributed by atoms with Gasteiger partial charge in [0.25, 0.3) is 0 Å². The summed E-state index contributed by atoms with van der Waals surface area (Å²) < 4.78 is 52.0. The molecule has 0 atom stereocenters. The van der Waals surface area contributed by atoms with Crippen LogP contribution in [0.1, 0.15) is 16.7 Å². The van der Waals surface area contributed by atoms with Gasteiger partial charge in [-0.3, -0.25) is 4.98 Å². The SMILES string of the molecule is Cc1ccccc1CN(Cc1cccnc1)S(=O)(=O)c1cccc(S(C)(=O)=O)c1. The summed E-state index contributed by atoms with van der Waals surface area (Å²) in [6, 6.07) is 16.6. The molecule has 152 valence electrons. The molecule has 0 aliphatic carbocycles. The molecular weight excluding hydrogens is 408 g/mol. The van der Waals surface area contributed by atoms with Gasteiger partial charge in [-0.2, -0.15) is 4.31 Å². The molecular formula is C21H22N2O4S2. The number of aryl methyl sites for hydroxylation is 1. The van der Waals surface area contributed by atoms with E-state index >= 15 is 0 Å². The van der Waals surface area contributed by atoms with Gasteiger partial charge in [0.15, 0.2) is 9.84 Å². The molecule has 0 fully saturated rings. The average Bonchev–Trinajstić information content (AvgIpc) is 2.69. The molecule has 29 heavy (non-hydrogen) atoms. The molecule has 1 aromatic heterocycles. The van der Waals surface area contributed by atoms with Crippen molar-refractivity contribution in [1.82, 2.24) is 9.29 Å². The Balaban J connectivity index is 2.05. The standard InChI is InChI=1S/C21H22N2O4S2/c1-17-7-3-4-9-19(17)16-23(15-18-8-6-12-22-14-18)29(26,27)21-11-5-10-20(13-21)28(2,24)25/h3-14H,15-16H2,1-2H3. The minimum atomic E-state index is -3.96. The summed E-state index contributed by atoms with van der Waals surface area (Å²) in [5.74, 6) is 0. The van der Waals surface area contributed by atoms with Crippen molar-refractivity contribution in [3.8, 4) is 0 Å². The maximum atomic E-state index is 13.4. The molecule has 0 spiro atoms. The second-order valence-electron chi connectivity index (χ2n) is 6.81. The molecule has 0 bridgehead atoms. The average molecular weight is 431 g/mol. The van der Waals surface area contributed by atoms with Crippen LogP contribution in [0.2, 0.25) is 0 Å². The minimum absolute atomic E-state index is 0.0317. The molecule has 2 aromatic carbocycles. The normalized spacial score (nSPS) is 12.2. The molecule has 6 nitrogen and oxygen atoms in total. The lowest BCUT2D eigenvalue weighted by atomic mass is 10.1. The van der Waals surface area contributed by atoms with E-state index in [1.807, 2.05) is 31.2 Å². The molecule has 0 unspecified atom stereocenters. The summed E-state index contributed by atoms with van der Waals surface area (Å²) in [6.45, 7) is 2.20. The first-order valence-corrected chi connectivity index (χ1v) is 12.2. The van der Waals surface area contributed by atoms with Crippen molar-refractivity contribution in [3.63, 3.8) is 0 Å². The molecule has 3 aromatic rings. The number of sulfonamides is 1. The zero-order chi connectivity index (χ0) is 21.1. The van der Waals surface area contributed by atoms with Crippen LogP contribution in [-0.2, 0) is 33.0 Å². The Hall–Kier alpha value is -2.55. The Kier molecular flexibility index (Phi) is 6.16. The van der Waals surface area contributed by atoms with E-state index in [0.29, 0.717) is 0 Å². The van der Waals surface area contributed by atoms with E-state index in [4.69, 9.17) is 0 Å². The van der Waals surface area contributed by atoms with Gasteiger partial charge in [-0.05, 0) is 47.9 Å². The van der Waals surface area contributed by atoms with Gasteiger partial charge in [0.05, 0.1) is 9.79 Å². The van der Waals surface area contributed by atoms with Crippen LogP contribution in [0, 0.1) is 6.92 Å². The fraction of sp³-hybridized carbons (Fsp3) is 0.190. The Morgan fingerprint density at radius 1 is 0.862 bits per heavy atom. The second kappa shape index (κ2) is 8.44. The lowest BCUT2D eigenvalue weighted by Crippen LogP contribution is -2.30. The van der Waals surface area contributed by atoms with E-state index in [9.17, 15) is 16.8 Å². The zero-order valence-electron chi connectivity index (χ0n) is 16.2.